The number of nitrogens with zero attached hydrogens (tertiary/aromatic N) is 2. The molecule has 4 rings (SSSR count). The van der Waals surface area contributed by atoms with Crippen molar-refractivity contribution in [1.82, 2.24) is 0 Å². The summed E-state index contributed by atoms with van der Waals surface area (Å²) in [5, 5.41) is 0.928. The van der Waals surface area contributed by atoms with Gasteiger partial charge in [0.1, 0.15) is 0 Å². The fraction of sp³-hybridized carbons (Fsp3) is 0.316. The number of benzene rings is 2. The highest BCUT2D eigenvalue weighted by Gasteiger charge is 2.47. The van der Waals surface area contributed by atoms with Gasteiger partial charge in [0.05, 0.1) is 23.6 Å². The largest absolute Gasteiger partial charge is 0.315 e. The van der Waals surface area contributed by atoms with Gasteiger partial charge in [-0.15, -0.1) is 0 Å². The van der Waals surface area contributed by atoms with Crippen LogP contribution in [0.2, 0.25) is 0 Å². The van der Waals surface area contributed by atoms with Crippen molar-refractivity contribution in [2.24, 2.45) is 4.99 Å². The van der Waals surface area contributed by atoms with Crippen LogP contribution in [0.25, 0.3) is 0 Å². The Balaban J connectivity index is 1.62. The predicted molar refractivity (Wildman–Crippen MR) is 105 cm³/mol. The van der Waals surface area contributed by atoms with Crippen LogP contribution in [-0.4, -0.2) is 37.2 Å². The second-order valence-electron chi connectivity index (χ2n) is 6.60. The number of sulfone groups is 1. The highest BCUT2D eigenvalue weighted by atomic mass is 32.2. The molecule has 0 aliphatic carbocycles. The lowest BCUT2D eigenvalue weighted by Gasteiger charge is -2.26. The van der Waals surface area contributed by atoms with Crippen LogP contribution in [0.15, 0.2) is 59.6 Å². The predicted octanol–water partition coefficient (Wildman–Crippen LogP) is 3.27. The maximum Gasteiger partial charge on any atom is 0.164 e. The van der Waals surface area contributed by atoms with Crippen molar-refractivity contribution in [3.8, 4) is 0 Å². The van der Waals surface area contributed by atoms with Gasteiger partial charge in [-0.25, -0.2) is 8.42 Å². The van der Waals surface area contributed by atoms with Gasteiger partial charge in [0, 0.05) is 11.4 Å². The first kappa shape index (κ1) is 16.7. The number of fused-ring (bicyclic) bond motifs is 1. The summed E-state index contributed by atoms with van der Waals surface area (Å²) in [5.41, 5.74) is 3.45. The first-order chi connectivity index (χ1) is 12.0. The van der Waals surface area contributed by atoms with Gasteiger partial charge in [0.15, 0.2) is 15.0 Å². The second kappa shape index (κ2) is 6.50. The molecule has 2 atom stereocenters. The molecule has 0 N–H and O–H groups in total. The summed E-state index contributed by atoms with van der Waals surface area (Å²) < 4.78 is 24.1. The van der Waals surface area contributed by atoms with E-state index in [-0.39, 0.29) is 23.6 Å². The molecule has 1 fully saturated rings. The third-order valence-corrected chi connectivity index (χ3v) is 7.37. The molecule has 0 amide bonds. The minimum atomic E-state index is -3.00. The summed E-state index contributed by atoms with van der Waals surface area (Å²) in [7, 11) is -3.00. The summed E-state index contributed by atoms with van der Waals surface area (Å²) in [4.78, 5) is 6.89. The van der Waals surface area contributed by atoms with E-state index in [4.69, 9.17) is 4.99 Å². The molecular formula is C19H20N2O2S2. The second-order valence-corrected chi connectivity index (χ2v) is 9.70. The van der Waals surface area contributed by atoms with Crippen molar-refractivity contribution in [2.45, 2.75) is 24.8 Å². The van der Waals surface area contributed by atoms with Crippen LogP contribution >= 0.6 is 11.8 Å². The van der Waals surface area contributed by atoms with Crippen LogP contribution in [-0.2, 0) is 15.6 Å². The summed E-state index contributed by atoms with van der Waals surface area (Å²) in [5.74, 6) is 1.17. The Kier molecular flexibility index (Phi) is 4.33. The molecule has 2 aliphatic heterocycles. The molecule has 130 valence electrons. The molecule has 2 aromatic carbocycles. The van der Waals surface area contributed by atoms with Crippen molar-refractivity contribution in [3.05, 3.63) is 65.7 Å². The third-order valence-electron chi connectivity index (χ3n) is 4.63. The zero-order valence-electron chi connectivity index (χ0n) is 14.0. The third kappa shape index (κ3) is 3.46. The van der Waals surface area contributed by atoms with Gasteiger partial charge < -0.3 is 4.90 Å². The van der Waals surface area contributed by atoms with Crippen LogP contribution in [0.1, 0.15) is 11.1 Å². The molecule has 25 heavy (non-hydrogen) atoms. The van der Waals surface area contributed by atoms with E-state index in [2.05, 4.69) is 48.2 Å². The minimum absolute atomic E-state index is 0.0778. The minimum Gasteiger partial charge on any atom is -0.315 e. The van der Waals surface area contributed by atoms with Crippen LogP contribution in [0, 0.1) is 6.92 Å². The molecule has 0 saturated carbocycles. The Morgan fingerprint density at radius 3 is 2.52 bits per heavy atom. The van der Waals surface area contributed by atoms with E-state index in [1.807, 2.05) is 18.2 Å². The zero-order chi connectivity index (χ0) is 17.4. The molecule has 6 heteroatoms. The lowest BCUT2D eigenvalue weighted by molar-refractivity contribution is 0.601. The van der Waals surface area contributed by atoms with E-state index in [1.165, 1.54) is 11.1 Å². The molecule has 0 bridgehead atoms. The summed E-state index contributed by atoms with van der Waals surface area (Å²) >= 11 is 1.68. The molecule has 4 nitrogen and oxygen atoms in total. The SMILES string of the molecule is Cc1ccc(N2C(SCc3ccccc3)=N[C@@H]3CS(=O)(=O)C[C@@H]32)cc1. The Bertz CT molecular complexity index is 893. The van der Waals surface area contributed by atoms with Gasteiger partial charge in [0.25, 0.3) is 0 Å². The van der Waals surface area contributed by atoms with Crippen LogP contribution in [0.4, 0.5) is 5.69 Å². The smallest absolute Gasteiger partial charge is 0.164 e. The van der Waals surface area contributed by atoms with E-state index in [9.17, 15) is 8.42 Å². The number of aryl methyl sites for hydroxylation is 1. The molecule has 0 spiro atoms. The number of thioether (sulfide) groups is 1. The number of hydrogen-bond donors (Lipinski definition) is 0. The van der Waals surface area contributed by atoms with Crippen molar-refractivity contribution in [2.75, 3.05) is 16.4 Å². The van der Waals surface area contributed by atoms with E-state index < -0.39 is 9.84 Å². The summed E-state index contributed by atoms with van der Waals surface area (Å²) in [6.45, 7) is 2.05. The number of amidine groups is 1. The number of aliphatic imine (C=N–C) groups is 1. The number of rotatable bonds is 3. The normalized spacial score (nSPS) is 24.2. The number of anilines is 1. The maximum absolute atomic E-state index is 12.1. The Hall–Kier alpha value is -1.79. The van der Waals surface area contributed by atoms with Gasteiger partial charge in [0.2, 0.25) is 0 Å². The van der Waals surface area contributed by atoms with E-state index in [1.54, 1.807) is 11.8 Å². The lowest BCUT2D eigenvalue weighted by atomic mass is 10.1. The Labute approximate surface area is 152 Å². The van der Waals surface area contributed by atoms with Crippen molar-refractivity contribution < 1.29 is 8.42 Å². The molecule has 1 saturated heterocycles. The van der Waals surface area contributed by atoms with Gasteiger partial charge >= 0.3 is 0 Å². The summed E-state index contributed by atoms with van der Waals surface area (Å²) in [6, 6.07) is 18.3. The lowest BCUT2D eigenvalue weighted by Crippen LogP contribution is -2.39. The van der Waals surface area contributed by atoms with Crippen molar-refractivity contribution in [1.29, 1.82) is 0 Å². The van der Waals surface area contributed by atoms with Gasteiger partial charge in [-0.2, -0.15) is 0 Å². The standard InChI is InChI=1S/C19H20N2O2S2/c1-14-7-9-16(10-8-14)21-18-13-25(22,23)12-17(18)20-19(21)24-11-15-5-3-2-4-6-15/h2-10,17-18H,11-13H2,1H3/t17-,18+/m1/s1. The van der Waals surface area contributed by atoms with E-state index in [0.29, 0.717) is 0 Å². The van der Waals surface area contributed by atoms with Crippen molar-refractivity contribution in [3.63, 3.8) is 0 Å². The van der Waals surface area contributed by atoms with Crippen molar-refractivity contribution >= 4 is 32.5 Å². The molecule has 0 aromatic heterocycles. The van der Waals surface area contributed by atoms with E-state index in [0.717, 1.165) is 16.6 Å². The molecule has 0 radical (unpaired) electrons. The molecule has 2 aliphatic rings. The Morgan fingerprint density at radius 1 is 1.08 bits per heavy atom. The van der Waals surface area contributed by atoms with E-state index >= 15 is 0 Å². The monoisotopic (exact) mass is 372 g/mol. The fourth-order valence-electron chi connectivity index (χ4n) is 3.36. The van der Waals surface area contributed by atoms with Gasteiger partial charge in [-0.3, -0.25) is 4.99 Å². The fourth-order valence-corrected chi connectivity index (χ4v) is 6.29. The first-order valence-corrected chi connectivity index (χ1v) is 11.1. The van der Waals surface area contributed by atoms with Gasteiger partial charge in [-0.1, -0.05) is 59.8 Å². The molecular weight excluding hydrogens is 352 g/mol. The van der Waals surface area contributed by atoms with Crippen LogP contribution in [0.5, 0.6) is 0 Å². The highest BCUT2D eigenvalue weighted by molar-refractivity contribution is 8.13. The maximum atomic E-state index is 12.1. The number of hydrogen-bond acceptors (Lipinski definition) is 5. The molecule has 2 heterocycles. The van der Waals surface area contributed by atoms with Crippen LogP contribution in [0.3, 0.4) is 0 Å². The zero-order valence-corrected chi connectivity index (χ0v) is 15.6. The first-order valence-electron chi connectivity index (χ1n) is 8.33. The molecule has 2 aromatic rings. The average Bonchev–Trinajstić information content (AvgIpc) is 3.06. The molecule has 0 unspecified atom stereocenters. The van der Waals surface area contributed by atoms with Gasteiger partial charge in [-0.05, 0) is 24.6 Å². The van der Waals surface area contributed by atoms with Crippen LogP contribution < -0.4 is 4.90 Å². The quantitative estimate of drug-likeness (QED) is 0.830. The Morgan fingerprint density at radius 2 is 1.80 bits per heavy atom. The average molecular weight is 373 g/mol. The highest BCUT2D eigenvalue weighted by Crippen LogP contribution is 2.35. The topological polar surface area (TPSA) is 49.7 Å². The summed E-state index contributed by atoms with van der Waals surface area (Å²) in [6.07, 6.45) is 0.